The number of hydrogen-bond acceptors (Lipinski definition) is 5. The molecule has 8 nitrogen and oxygen atoms in total. The summed E-state index contributed by atoms with van der Waals surface area (Å²) < 4.78 is 5.60. The second kappa shape index (κ2) is 12.0. The van der Waals surface area contributed by atoms with E-state index < -0.39 is 11.8 Å². The fourth-order valence-electron chi connectivity index (χ4n) is 2.99. The zero-order valence-electron chi connectivity index (χ0n) is 19.0. The van der Waals surface area contributed by atoms with Gasteiger partial charge in [-0.25, -0.2) is 5.43 Å². The Hall–Kier alpha value is -4.46. The molecule has 3 amide bonds. The third-order valence-corrected chi connectivity index (χ3v) is 5.04. The van der Waals surface area contributed by atoms with Crippen molar-refractivity contribution in [1.29, 1.82) is 0 Å². The highest BCUT2D eigenvalue weighted by molar-refractivity contribution is 6.39. The molecule has 0 unspecified atom stereocenters. The van der Waals surface area contributed by atoms with Crippen molar-refractivity contribution in [2.24, 2.45) is 5.10 Å². The van der Waals surface area contributed by atoms with E-state index in [2.05, 4.69) is 21.2 Å². The molecule has 0 spiro atoms. The molecule has 8 heteroatoms. The van der Waals surface area contributed by atoms with E-state index in [-0.39, 0.29) is 12.5 Å². The van der Waals surface area contributed by atoms with E-state index in [4.69, 9.17) is 4.74 Å². The molecule has 0 aliphatic heterocycles. The largest absolute Gasteiger partial charge is 0.483 e. The van der Waals surface area contributed by atoms with Crippen LogP contribution in [0.3, 0.4) is 0 Å². The van der Waals surface area contributed by atoms with Crippen LogP contribution in [0, 0.1) is 13.8 Å². The Morgan fingerprint density at radius 1 is 0.882 bits per heavy atom. The highest BCUT2D eigenvalue weighted by Crippen LogP contribution is 2.18. The van der Waals surface area contributed by atoms with Crippen molar-refractivity contribution in [3.8, 4) is 5.75 Å². The molecule has 0 heterocycles. The van der Waals surface area contributed by atoms with Gasteiger partial charge in [0.05, 0.1) is 6.21 Å². The Morgan fingerprint density at radius 2 is 1.62 bits per heavy atom. The first-order valence-corrected chi connectivity index (χ1v) is 10.7. The van der Waals surface area contributed by atoms with Crippen molar-refractivity contribution in [2.75, 3.05) is 11.9 Å². The summed E-state index contributed by atoms with van der Waals surface area (Å²) in [6, 6.07) is 21.9. The summed E-state index contributed by atoms with van der Waals surface area (Å²) in [6.45, 7) is 4.01. The molecular weight excluding hydrogens is 432 g/mol. The van der Waals surface area contributed by atoms with Crippen molar-refractivity contribution in [1.82, 2.24) is 10.7 Å². The van der Waals surface area contributed by atoms with Crippen molar-refractivity contribution in [3.63, 3.8) is 0 Å². The van der Waals surface area contributed by atoms with Gasteiger partial charge in [0.25, 0.3) is 5.91 Å². The lowest BCUT2D eigenvalue weighted by atomic mass is 10.1. The molecule has 0 atom stereocenters. The number of nitrogens with one attached hydrogen (secondary N) is 3. The molecule has 174 valence electrons. The van der Waals surface area contributed by atoms with Gasteiger partial charge in [0.2, 0.25) is 0 Å². The van der Waals surface area contributed by atoms with Gasteiger partial charge < -0.3 is 15.4 Å². The summed E-state index contributed by atoms with van der Waals surface area (Å²) in [7, 11) is 0. The first-order valence-electron chi connectivity index (χ1n) is 10.7. The lowest BCUT2D eigenvalue weighted by Gasteiger charge is -2.10. The third kappa shape index (κ3) is 7.03. The fraction of sp³-hybridized carbons (Fsp3) is 0.154. The Balaban J connectivity index is 1.51. The number of rotatable bonds is 8. The van der Waals surface area contributed by atoms with Gasteiger partial charge in [-0.05, 0) is 48.7 Å². The van der Waals surface area contributed by atoms with E-state index >= 15 is 0 Å². The van der Waals surface area contributed by atoms with E-state index in [1.54, 1.807) is 36.4 Å². The Bertz CT molecular complexity index is 1190. The molecule has 0 saturated heterocycles. The van der Waals surface area contributed by atoms with Gasteiger partial charge in [-0.2, -0.15) is 5.10 Å². The maximum absolute atomic E-state index is 12.2. The van der Waals surface area contributed by atoms with E-state index in [1.165, 1.54) is 6.21 Å². The van der Waals surface area contributed by atoms with E-state index in [9.17, 15) is 14.4 Å². The van der Waals surface area contributed by atoms with Crippen molar-refractivity contribution in [2.45, 2.75) is 20.4 Å². The van der Waals surface area contributed by atoms with E-state index in [0.29, 0.717) is 23.5 Å². The molecule has 0 aliphatic carbocycles. The normalized spacial score (nSPS) is 10.5. The number of carbonyl (C=O) groups excluding carboxylic acids is 3. The van der Waals surface area contributed by atoms with E-state index in [1.807, 2.05) is 50.2 Å². The van der Waals surface area contributed by atoms with Crippen molar-refractivity contribution >= 4 is 29.6 Å². The molecule has 3 rings (SSSR count). The van der Waals surface area contributed by atoms with Crippen LogP contribution in [0.4, 0.5) is 5.69 Å². The van der Waals surface area contributed by atoms with Crippen LogP contribution in [0.25, 0.3) is 0 Å². The smallest absolute Gasteiger partial charge is 0.329 e. The van der Waals surface area contributed by atoms with Crippen LogP contribution < -0.4 is 20.8 Å². The average Bonchev–Trinajstić information content (AvgIpc) is 2.85. The summed E-state index contributed by atoms with van der Waals surface area (Å²) >= 11 is 0. The summed E-state index contributed by atoms with van der Waals surface area (Å²) in [4.78, 5) is 36.4. The Labute approximate surface area is 198 Å². The fourth-order valence-corrected chi connectivity index (χ4v) is 2.99. The summed E-state index contributed by atoms with van der Waals surface area (Å²) in [6.07, 6.45) is 1.35. The van der Waals surface area contributed by atoms with Crippen LogP contribution in [0.1, 0.15) is 22.3 Å². The lowest BCUT2D eigenvalue weighted by Crippen LogP contribution is -2.32. The van der Waals surface area contributed by atoms with Crippen LogP contribution in [-0.2, 0) is 20.9 Å². The highest BCUT2D eigenvalue weighted by Gasteiger charge is 2.14. The minimum atomic E-state index is -0.907. The van der Waals surface area contributed by atoms with Crippen LogP contribution >= 0.6 is 0 Å². The van der Waals surface area contributed by atoms with Crippen LogP contribution in [0.15, 0.2) is 77.9 Å². The van der Waals surface area contributed by atoms with Crippen LogP contribution in [0.2, 0.25) is 0 Å². The average molecular weight is 459 g/mol. The summed E-state index contributed by atoms with van der Waals surface area (Å²) in [5.74, 6) is -1.59. The number of para-hydroxylation sites is 1. The molecule has 0 fully saturated rings. The maximum Gasteiger partial charge on any atom is 0.329 e. The monoisotopic (exact) mass is 458 g/mol. The molecule has 0 saturated carbocycles. The number of nitrogens with zero attached hydrogens (tertiary/aromatic N) is 1. The molecular formula is C26H26N4O4. The van der Waals surface area contributed by atoms with Gasteiger partial charge in [0.15, 0.2) is 6.61 Å². The number of hydrogen-bond donors (Lipinski definition) is 3. The Morgan fingerprint density at radius 3 is 2.41 bits per heavy atom. The second-order valence-corrected chi connectivity index (χ2v) is 7.49. The molecule has 0 radical (unpaired) electrons. The molecule has 3 N–H and O–H groups in total. The first kappa shape index (κ1) is 24.2. The second-order valence-electron chi connectivity index (χ2n) is 7.49. The number of amides is 3. The van der Waals surface area contributed by atoms with Crippen LogP contribution in [-0.4, -0.2) is 30.5 Å². The lowest BCUT2D eigenvalue weighted by molar-refractivity contribution is -0.136. The van der Waals surface area contributed by atoms with Crippen molar-refractivity contribution < 1.29 is 19.1 Å². The number of benzene rings is 3. The standard InChI is InChI=1S/C26H26N4O4/c1-18-9-8-13-22(19(18)2)29-25(32)26(33)30-28-16-21-12-6-7-14-23(21)34-17-24(31)27-15-20-10-4-3-5-11-20/h3-14,16H,15,17H2,1-2H3,(H,27,31)(H,29,32)(H,30,33)/b28-16-. The van der Waals surface area contributed by atoms with Crippen LogP contribution in [0.5, 0.6) is 5.75 Å². The zero-order valence-corrected chi connectivity index (χ0v) is 19.0. The molecule has 3 aromatic rings. The summed E-state index contributed by atoms with van der Waals surface area (Å²) in [5.41, 5.74) is 6.17. The van der Waals surface area contributed by atoms with Gasteiger partial charge in [0.1, 0.15) is 5.75 Å². The van der Waals surface area contributed by atoms with Gasteiger partial charge in [0, 0.05) is 17.8 Å². The molecule has 0 aliphatic rings. The first-order chi connectivity index (χ1) is 16.4. The third-order valence-electron chi connectivity index (χ3n) is 5.04. The Kier molecular flexibility index (Phi) is 8.51. The predicted molar refractivity (Wildman–Crippen MR) is 131 cm³/mol. The number of ether oxygens (including phenoxy) is 1. The molecule has 0 aromatic heterocycles. The minimum absolute atomic E-state index is 0.178. The quantitative estimate of drug-likeness (QED) is 0.274. The van der Waals surface area contributed by atoms with Gasteiger partial charge >= 0.3 is 11.8 Å². The van der Waals surface area contributed by atoms with Gasteiger partial charge in [-0.1, -0.05) is 54.6 Å². The number of carbonyl (C=O) groups is 3. The van der Waals surface area contributed by atoms with Gasteiger partial charge in [-0.15, -0.1) is 0 Å². The predicted octanol–water partition coefficient (Wildman–Crippen LogP) is 3.09. The SMILES string of the molecule is Cc1cccc(NC(=O)C(=O)N/N=C\c2ccccc2OCC(=O)NCc2ccccc2)c1C. The molecule has 34 heavy (non-hydrogen) atoms. The number of hydrazone groups is 1. The van der Waals surface area contributed by atoms with E-state index in [0.717, 1.165) is 16.7 Å². The molecule has 3 aromatic carbocycles. The number of aryl methyl sites for hydroxylation is 1. The van der Waals surface area contributed by atoms with Gasteiger partial charge in [-0.3, -0.25) is 14.4 Å². The molecule has 0 bridgehead atoms. The minimum Gasteiger partial charge on any atom is -0.483 e. The highest BCUT2D eigenvalue weighted by atomic mass is 16.5. The van der Waals surface area contributed by atoms with Crippen molar-refractivity contribution in [3.05, 3.63) is 95.1 Å². The number of anilines is 1. The maximum atomic E-state index is 12.2. The zero-order chi connectivity index (χ0) is 24.3. The summed E-state index contributed by atoms with van der Waals surface area (Å²) in [5, 5.41) is 9.20. The topological polar surface area (TPSA) is 109 Å².